The first-order valence-electron chi connectivity index (χ1n) is 13.5. The lowest BCUT2D eigenvalue weighted by molar-refractivity contribution is -0.114. The minimum atomic E-state index is -0.858. The third-order valence-electron chi connectivity index (χ3n) is 7.14. The van der Waals surface area contributed by atoms with E-state index in [2.05, 4.69) is 49.4 Å². The molecule has 0 aliphatic carbocycles. The van der Waals surface area contributed by atoms with Gasteiger partial charge >= 0.3 is 0 Å². The number of anilines is 3. The molecule has 1 saturated heterocycles. The first kappa shape index (κ1) is 27.0. The van der Waals surface area contributed by atoms with Crippen LogP contribution in [0.25, 0.3) is 11.3 Å². The van der Waals surface area contributed by atoms with Crippen LogP contribution in [0.3, 0.4) is 0 Å². The van der Waals surface area contributed by atoms with E-state index in [-0.39, 0.29) is 0 Å². The van der Waals surface area contributed by atoms with Gasteiger partial charge in [-0.1, -0.05) is 0 Å². The zero-order chi connectivity index (χ0) is 27.1. The highest BCUT2D eigenvalue weighted by Gasteiger charge is 2.23. The number of benzene rings is 2. The number of ether oxygens (including phenoxy) is 2. The molecular weight excluding hydrogens is 494 g/mol. The number of aromatic nitrogens is 2. The fraction of sp³-hybridized carbons (Fsp3) is 0.414. The Bertz CT molecular complexity index is 1280. The third-order valence-corrected chi connectivity index (χ3v) is 7.14. The van der Waals surface area contributed by atoms with Crippen molar-refractivity contribution in [1.29, 1.82) is 0 Å². The third kappa shape index (κ3) is 6.72. The molecule has 2 aliphatic heterocycles. The van der Waals surface area contributed by atoms with Gasteiger partial charge in [-0.3, -0.25) is 15.4 Å². The van der Waals surface area contributed by atoms with Crippen molar-refractivity contribution in [2.45, 2.75) is 32.1 Å². The zero-order valence-corrected chi connectivity index (χ0v) is 22.6. The van der Waals surface area contributed by atoms with E-state index in [4.69, 9.17) is 14.5 Å². The van der Waals surface area contributed by atoms with Crippen molar-refractivity contribution in [3.63, 3.8) is 0 Å². The maximum absolute atomic E-state index is 12.1. The molecule has 206 valence electrons. The van der Waals surface area contributed by atoms with E-state index in [1.54, 1.807) is 13.3 Å². The quantitative estimate of drug-likeness (QED) is 0.377. The maximum Gasteiger partial charge on any atom is 0.227 e. The highest BCUT2D eigenvalue weighted by molar-refractivity contribution is 5.67. The average molecular weight is 532 g/mol. The molecule has 3 aromatic rings. The Balaban J connectivity index is 1.50. The predicted octanol–water partition coefficient (Wildman–Crippen LogP) is 2.82. The topological polar surface area (TPSA) is 113 Å². The summed E-state index contributed by atoms with van der Waals surface area (Å²) in [6, 6.07) is 14.3. The monoisotopic (exact) mass is 531 g/mol. The molecule has 0 saturated carbocycles. The van der Waals surface area contributed by atoms with Gasteiger partial charge in [0, 0.05) is 54.9 Å². The highest BCUT2D eigenvalue weighted by Crippen LogP contribution is 2.29. The molecule has 6 bridgehead atoms. The number of methoxy groups -OCH3 is 1. The van der Waals surface area contributed by atoms with E-state index in [1.165, 1.54) is 0 Å². The van der Waals surface area contributed by atoms with Crippen molar-refractivity contribution in [1.82, 2.24) is 25.9 Å². The number of carbonyl (C=O) groups is 1. The Morgan fingerprint density at radius 3 is 2.72 bits per heavy atom. The smallest absolute Gasteiger partial charge is 0.227 e. The molecule has 1 aromatic heterocycles. The fourth-order valence-electron chi connectivity index (χ4n) is 4.91. The molecule has 2 aromatic carbocycles. The number of nitrogens with zero attached hydrogens (tertiary/aromatic N) is 3. The number of aldehydes is 1. The molecular formula is C29H37N7O3. The van der Waals surface area contributed by atoms with Gasteiger partial charge in [0.25, 0.3) is 0 Å². The fourth-order valence-corrected chi connectivity index (χ4v) is 4.91. The van der Waals surface area contributed by atoms with E-state index in [1.807, 2.05) is 31.2 Å². The highest BCUT2D eigenvalue weighted by atomic mass is 16.5. The van der Waals surface area contributed by atoms with Crippen molar-refractivity contribution in [2.75, 3.05) is 56.7 Å². The Morgan fingerprint density at radius 1 is 1.03 bits per heavy atom. The molecule has 10 nitrogen and oxygen atoms in total. The Hall–Kier alpha value is -3.57. The summed E-state index contributed by atoms with van der Waals surface area (Å²) in [5.74, 6) is 1.34. The van der Waals surface area contributed by atoms with Crippen LogP contribution in [0, 0.1) is 0 Å². The van der Waals surface area contributed by atoms with Crippen molar-refractivity contribution < 1.29 is 14.3 Å². The van der Waals surface area contributed by atoms with E-state index in [9.17, 15) is 4.79 Å². The van der Waals surface area contributed by atoms with Gasteiger partial charge in [-0.15, -0.1) is 0 Å². The summed E-state index contributed by atoms with van der Waals surface area (Å²) in [4.78, 5) is 23.7. The van der Waals surface area contributed by atoms with Gasteiger partial charge in [0.15, 0.2) is 6.29 Å². The standard InChI is InChI=1S/C29H37N7O3/c1-29(20-37)32-10-3-9-30-18-23-16-21(4-7-27(23)38-2)25-8-11-31-28(35-25)34-24-5-6-26(22(17-24)19-33-29)36-12-14-39-15-13-36/h4-8,11,16-17,20,30,32-33H,3,9-10,12-15,18-19H2,1-2H3,(H,31,34,35)/t29-/m1/s1. The Kier molecular flexibility index (Phi) is 8.67. The molecule has 0 radical (unpaired) electrons. The zero-order valence-electron chi connectivity index (χ0n) is 22.6. The van der Waals surface area contributed by atoms with E-state index in [0.717, 1.165) is 71.8 Å². The maximum atomic E-state index is 12.1. The minimum absolute atomic E-state index is 0.509. The van der Waals surface area contributed by atoms with Crippen molar-refractivity contribution in [3.05, 3.63) is 59.8 Å². The Labute approximate surface area is 229 Å². The van der Waals surface area contributed by atoms with E-state index < -0.39 is 5.66 Å². The second-order valence-electron chi connectivity index (χ2n) is 9.99. The summed E-state index contributed by atoms with van der Waals surface area (Å²) in [6.07, 6.45) is 3.57. The van der Waals surface area contributed by atoms with Crippen LogP contribution in [-0.2, 0) is 22.6 Å². The van der Waals surface area contributed by atoms with Gasteiger partial charge in [0.1, 0.15) is 11.4 Å². The lowest BCUT2D eigenvalue weighted by atomic mass is 10.1. The van der Waals surface area contributed by atoms with Crippen LogP contribution in [0.15, 0.2) is 48.7 Å². The summed E-state index contributed by atoms with van der Waals surface area (Å²) >= 11 is 0. The van der Waals surface area contributed by atoms with Gasteiger partial charge in [-0.2, -0.15) is 0 Å². The molecule has 2 aliphatic rings. The van der Waals surface area contributed by atoms with Gasteiger partial charge < -0.3 is 25.0 Å². The van der Waals surface area contributed by atoms with Crippen LogP contribution in [0.2, 0.25) is 0 Å². The van der Waals surface area contributed by atoms with Crippen LogP contribution in [0.1, 0.15) is 24.5 Å². The van der Waals surface area contributed by atoms with Crippen molar-refractivity contribution >= 4 is 23.6 Å². The number of hydrogen-bond donors (Lipinski definition) is 4. The molecule has 0 amide bonds. The molecule has 0 unspecified atom stereocenters. The first-order valence-corrected chi connectivity index (χ1v) is 13.5. The molecule has 1 atom stereocenters. The number of rotatable bonds is 3. The molecule has 4 N–H and O–H groups in total. The van der Waals surface area contributed by atoms with E-state index >= 15 is 0 Å². The predicted molar refractivity (Wildman–Crippen MR) is 152 cm³/mol. The van der Waals surface area contributed by atoms with Gasteiger partial charge in [-0.25, -0.2) is 9.97 Å². The number of morpholine rings is 1. The van der Waals surface area contributed by atoms with E-state index in [0.29, 0.717) is 38.8 Å². The molecule has 39 heavy (non-hydrogen) atoms. The lowest BCUT2D eigenvalue weighted by Crippen LogP contribution is -2.56. The summed E-state index contributed by atoms with van der Waals surface area (Å²) in [6.45, 7) is 7.57. The molecule has 1 fully saturated rings. The SMILES string of the molecule is COc1ccc2cc1CNCCCN[C@@](C)(C=O)NCc1cc(ccc1N1CCOCC1)Nc1nccc-2n1. The second kappa shape index (κ2) is 12.5. The van der Waals surface area contributed by atoms with Crippen LogP contribution in [-0.4, -0.2) is 68.4 Å². The van der Waals surface area contributed by atoms with Gasteiger partial charge in [0.2, 0.25) is 5.95 Å². The summed E-state index contributed by atoms with van der Waals surface area (Å²) in [7, 11) is 1.68. The van der Waals surface area contributed by atoms with Crippen molar-refractivity contribution in [3.8, 4) is 17.0 Å². The Morgan fingerprint density at radius 2 is 1.90 bits per heavy atom. The number of fused-ring (bicyclic) bond motifs is 7. The molecule has 3 heterocycles. The van der Waals surface area contributed by atoms with Crippen molar-refractivity contribution in [2.24, 2.45) is 0 Å². The first-order chi connectivity index (χ1) is 19.1. The summed E-state index contributed by atoms with van der Waals surface area (Å²) in [5, 5.41) is 13.7. The van der Waals surface area contributed by atoms with Gasteiger partial charge in [-0.05, 0) is 74.5 Å². The molecule has 10 heteroatoms. The van der Waals surface area contributed by atoms with Gasteiger partial charge in [0.05, 0.1) is 26.0 Å². The van der Waals surface area contributed by atoms with Crippen LogP contribution in [0.5, 0.6) is 5.75 Å². The number of nitrogens with one attached hydrogen (secondary N) is 4. The van der Waals surface area contributed by atoms with Crippen LogP contribution in [0.4, 0.5) is 17.3 Å². The lowest BCUT2D eigenvalue weighted by Gasteiger charge is -2.32. The molecule has 5 rings (SSSR count). The number of carbonyl (C=O) groups excluding carboxylic acids is 1. The summed E-state index contributed by atoms with van der Waals surface area (Å²) < 4.78 is 11.2. The van der Waals surface area contributed by atoms with Crippen LogP contribution < -0.4 is 30.9 Å². The largest absolute Gasteiger partial charge is 0.496 e. The minimum Gasteiger partial charge on any atom is -0.496 e. The second-order valence-corrected chi connectivity index (χ2v) is 9.99. The molecule has 0 spiro atoms. The van der Waals surface area contributed by atoms with Crippen LogP contribution >= 0.6 is 0 Å². The number of hydrogen-bond acceptors (Lipinski definition) is 10. The average Bonchev–Trinajstić information content (AvgIpc) is 2.98. The normalized spacial score (nSPS) is 20.6. The summed E-state index contributed by atoms with van der Waals surface area (Å²) in [5.41, 5.74) is 5.09.